The number of halogens is 2. The average molecular weight is 285 g/mol. The highest BCUT2D eigenvalue weighted by atomic mass is 19.1. The van der Waals surface area contributed by atoms with Crippen LogP contribution < -0.4 is 5.32 Å². The van der Waals surface area contributed by atoms with Crippen LogP contribution in [0.5, 0.6) is 0 Å². The summed E-state index contributed by atoms with van der Waals surface area (Å²) in [5, 5.41) is 22.0. The molecule has 1 aliphatic carbocycles. The summed E-state index contributed by atoms with van der Waals surface area (Å²) in [5.74, 6) is -2.82. The number of nitrogens with one attached hydrogen (secondary N) is 1. The van der Waals surface area contributed by atoms with Crippen molar-refractivity contribution in [3.8, 4) is 0 Å². The highest BCUT2D eigenvalue weighted by Gasteiger charge is 2.31. The fourth-order valence-electron chi connectivity index (χ4n) is 2.44. The SMILES string of the molecule is O=C(N[C@@H]1CCCC[C@@H](O)[C@@H]1O)c1c(F)cccc1F. The van der Waals surface area contributed by atoms with Gasteiger partial charge in [0.2, 0.25) is 0 Å². The van der Waals surface area contributed by atoms with Gasteiger partial charge in [0, 0.05) is 0 Å². The zero-order chi connectivity index (χ0) is 14.7. The molecule has 1 aliphatic rings. The van der Waals surface area contributed by atoms with Crippen LogP contribution in [0.4, 0.5) is 8.78 Å². The summed E-state index contributed by atoms with van der Waals surface area (Å²) in [7, 11) is 0. The Morgan fingerprint density at radius 2 is 1.75 bits per heavy atom. The molecule has 20 heavy (non-hydrogen) atoms. The quantitative estimate of drug-likeness (QED) is 0.719. The van der Waals surface area contributed by atoms with Crippen molar-refractivity contribution >= 4 is 5.91 Å². The first kappa shape index (κ1) is 14.9. The molecule has 0 heterocycles. The van der Waals surface area contributed by atoms with Crippen LogP contribution >= 0.6 is 0 Å². The van der Waals surface area contributed by atoms with Gasteiger partial charge in [-0.3, -0.25) is 4.79 Å². The van der Waals surface area contributed by atoms with Crippen LogP contribution in [-0.2, 0) is 0 Å². The van der Waals surface area contributed by atoms with Gasteiger partial charge < -0.3 is 15.5 Å². The molecule has 110 valence electrons. The molecule has 4 nitrogen and oxygen atoms in total. The maximum absolute atomic E-state index is 13.5. The molecule has 1 saturated carbocycles. The summed E-state index contributed by atoms with van der Waals surface area (Å²) in [6.07, 6.45) is 0.295. The molecule has 1 amide bonds. The molecule has 1 aromatic rings. The van der Waals surface area contributed by atoms with E-state index in [1.807, 2.05) is 0 Å². The Labute approximate surface area is 115 Å². The molecule has 1 aromatic carbocycles. The first-order valence-corrected chi connectivity index (χ1v) is 6.61. The van der Waals surface area contributed by atoms with Crippen LogP contribution in [0.25, 0.3) is 0 Å². The van der Waals surface area contributed by atoms with Gasteiger partial charge in [-0.05, 0) is 25.0 Å². The normalized spacial score (nSPS) is 26.9. The third kappa shape index (κ3) is 3.13. The molecule has 0 radical (unpaired) electrons. The Bertz CT molecular complexity index is 475. The van der Waals surface area contributed by atoms with E-state index in [1.165, 1.54) is 6.07 Å². The van der Waals surface area contributed by atoms with Crippen LogP contribution in [-0.4, -0.2) is 34.4 Å². The van der Waals surface area contributed by atoms with Gasteiger partial charge in [0.1, 0.15) is 17.2 Å². The number of hydrogen-bond donors (Lipinski definition) is 3. The van der Waals surface area contributed by atoms with Gasteiger partial charge in [-0.25, -0.2) is 8.78 Å². The number of carbonyl (C=O) groups is 1. The monoisotopic (exact) mass is 285 g/mol. The molecule has 1 fully saturated rings. The topological polar surface area (TPSA) is 69.6 Å². The van der Waals surface area contributed by atoms with Gasteiger partial charge in [-0.15, -0.1) is 0 Å². The molecule has 2 rings (SSSR count). The smallest absolute Gasteiger partial charge is 0.257 e. The number of rotatable bonds is 2. The molecule has 6 heteroatoms. The van der Waals surface area contributed by atoms with Crippen molar-refractivity contribution in [3.05, 3.63) is 35.4 Å². The largest absolute Gasteiger partial charge is 0.390 e. The Morgan fingerprint density at radius 3 is 2.40 bits per heavy atom. The van der Waals surface area contributed by atoms with Crippen LogP contribution in [0.15, 0.2) is 18.2 Å². The van der Waals surface area contributed by atoms with E-state index in [-0.39, 0.29) is 0 Å². The summed E-state index contributed by atoms with van der Waals surface area (Å²) in [5.41, 5.74) is -0.668. The maximum Gasteiger partial charge on any atom is 0.257 e. The number of aliphatic hydroxyl groups excluding tert-OH is 2. The Hall–Kier alpha value is -1.53. The lowest BCUT2D eigenvalue weighted by Crippen LogP contribution is -2.47. The molecular weight excluding hydrogens is 268 g/mol. The minimum Gasteiger partial charge on any atom is -0.390 e. The minimum absolute atomic E-state index is 0.446. The summed E-state index contributed by atoms with van der Waals surface area (Å²) >= 11 is 0. The summed E-state index contributed by atoms with van der Waals surface area (Å²) in [6, 6.07) is 2.46. The molecule has 0 spiro atoms. The fourth-order valence-corrected chi connectivity index (χ4v) is 2.44. The van der Waals surface area contributed by atoms with E-state index in [0.29, 0.717) is 12.8 Å². The molecule has 0 bridgehead atoms. The number of hydrogen-bond acceptors (Lipinski definition) is 3. The zero-order valence-electron chi connectivity index (χ0n) is 10.9. The maximum atomic E-state index is 13.5. The lowest BCUT2D eigenvalue weighted by atomic mass is 10.0. The lowest BCUT2D eigenvalue weighted by Gasteiger charge is -2.25. The second kappa shape index (κ2) is 6.28. The summed E-state index contributed by atoms with van der Waals surface area (Å²) < 4.78 is 27.0. The van der Waals surface area contributed by atoms with E-state index in [4.69, 9.17) is 0 Å². The highest BCUT2D eigenvalue weighted by molar-refractivity contribution is 5.95. The minimum atomic E-state index is -1.13. The van der Waals surface area contributed by atoms with E-state index < -0.39 is 41.4 Å². The van der Waals surface area contributed by atoms with Crippen molar-refractivity contribution in [1.82, 2.24) is 5.32 Å². The van der Waals surface area contributed by atoms with Gasteiger partial charge in [0.15, 0.2) is 0 Å². The predicted octanol–water partition coefficient (Wildman–Crippen LogP) is 1.36. The first-order valence-electron chi connectivity index (χ1n) is 6.61. The van der Waals surface area contributed by atoms with Gasteiger partial charge in [0.25, 0.3) is 5.91 Å². The fraction of sp³-hybridized carbons (Fsp3) is 0.500. The van der Waals surface area contributed by atoms with Gasteiger partial charge in [0.05, 0.1) is 18.2 Å². The molecule has 0 aliphatic heterocycles. The van der Waals surface area contributed by atoms with E-state index in [1.54, 1.807) is 0 Å². The van der Waals surface area contributed by atoms with Crippen LogP contribution in [0.3, 0.4) is 0 Å². The van der Waals surface area contributed by atoms with Crippen LogP contribution in [0.2, 0.25) is 0 Å². The van der Waals surface area contributed by atoms with Crippen LogP contribution in [0, 0.1) is 11.6 Å². The van der Waals surface area contributed by atoms with Gasteiger partial charge in [-0.1, -0.05) is 18.9 Å². The van der Waals surface area contributed by atoms with Crippen molar-refractivity contribution < 1.29 is 23.8 Å². The third-order valence-corrected chi connectivity index (χ3v) is 3.58. The molecular formula is C14H17F2NO3. The first-order chi connectivity index (χ1) is 9.50. The second-order valence-corrected chi connectivity index (χ2v) is 5.02. The molecule has 0 saturated heterocycles. The molecule has 0 unspecified atom stereocenters. The van der Waals surface area contributed by atoms with Crippen molar-refractivity contribution in [1.29, 1.82) is 0 Å². The van der Waals surface area contributed by atoms with Gasteiger partial charge >= 0.3 is 0 Å². The van der Waals surface area contributed by atoms with Crippen molar-refractivity contribution in [2.75, 3.05) is 0 Å². The van der Waals surface area contributed by atoms with Gasteiger partial charge in [-0.2, -0.15) is 0 Å². The summed E-state index contributed by atoms with van der Waals surface area (Å²) in [6.45, 7) is 0. The number of amides is 1. The van der Waals surface area contributed by atoms with E-state index in [0.717, 1.165) is 25.0 Å². The Morgan fingerprint density at radius 1 is 1.15 bits per heavy atom. The van der Waals surface area contributed by atoms with Crippen molar-refractivity contribution in [2.24, 2.45) is 0 Å². The van der Waals surface area contributed by atoms with Crippen molar-refractivity contribution in [2.45, 2.75) is 43.9 Å². The number of carbonyl (C=O) groups excluding carboxylic acids is 1. The van der Waals surface area contributed by atoms with E-state index in [9.17, 15) is 23.8 Å². The molecule has 3 N–H and O–H groups in total. The Kier molecular flexibility index (Phi) is 4.67. The number of benzene rings is 1. The van der Waals surface area contributed by atoms with Crippen LogP contribution in [0.1, 0.15) is 36.0 Å². The van der Waals surface area contributed by atoms with Crippen molar-refractivity contribution in [3.63, 3.8) is 0 Å². The predicted molar refractivity (Wildman–Crippen MR) is 68.1 cm³/mol. The lowest BCUT2D eigenvalue weighted by molar-refractivity contribution is -0.00131. The Balaban J connectivity index is 2.14. The molecule has 3 atom stereocenters. The van der Waals surface area contributed by atoms with E-state index >= 15 is 0 Å². The zero-order valence-corrected chi connectivity index (χ0v) is 10.9. The third-order valence-electron chi connectivity index (χ3n) is 3.58. The molecule has 0 aromatic heterocycles. The highest BCUT2D eigenvalue weighted by Crippen LogP contribution is 2.20. The average Bonchev–Trinajstić information content (AvgIpc) is 2.54. The second-order valence-electron chi connectivity index (χ2n) is 5.02. The standard InChI is InChI=1S/C14H17F2NO3/c15-8-4-3-5-9(16)12(8)14(20)17-10-6-1-2-7-11(18)13(10)19/h3-5,10-11,13,18-19H,1-2,6-7H2,(H,17,20)/t10-,11-,13-/m1/s1. The number of aliphatic hydroxyl groups is 2. The summed E-state index contributed by atoms with van der Waals surface area (Å²) in [4.78, 5) is 11.9. The van der Waals surface area contributed by atoms with E-state index in [2.05, 4.69) is 5.32 Å².